The second kappa shape index (κ2) is 6.02. The van der Waals surface area contributed by atoms with Gasteiger partial charge in [-0.3, -0.25) is 0 Å². The van der Waals surface area contributed by atoms with Crippen molar-refractivity contribution in [2.75, 3.05) is 24.5 Å². The van der Waals surface area contributed by atoms with Crippen molar-refractivity contribution in [2.45, 2.75) is 32.7 Å². The molecule has 1 saturated heterocycles. The summed E-state index contributed by atoms with van der Waals surface area (Å²) in [5.74, 6) is -0.184. The van der Waals surface area contributed by atoms with E-state index in [-0.39, 0.29) is 5.82 Å². The Balaban J connectivity index is 2.18. The number of hydrogen-bond donors (Lipinski definition) is 1. The topological polar surface area (TPSA) is 15.3 Å². The van der Waals surface area contributed by atoms with Crippen LogP contribution in [-0.2, 0) is 0 Å². The van der Waals surface area contributed by atoms with Crippen LogP contribution in [0, 0.1) is 12.7 Å². The first kappa shape index (κ1) is 13.8. The smallest absolute Gasteiger partial charge is 0.137 e. The standard InChI is InChI=1S/C14H20BrFN2/c1-3-4-11-9-18(6-5-17-11)14-8-12(15)13(16)7-10(14)2/h7-8,11,17H,3-6,9H2,1-2H3. The summed E-state index contributed by atoms with van der Waals surface area (Å²) in [6.07, 6.45) is 2.38. The van der Waals surface area contributed by atoms with Crippen molar-refractivity contribution in [3.63, 3.8) is 0 Å². The Morgan fingerprint density at radius 2 is 2.28 bits per heavy atom. The van der Waals surface area contributed by atoms with Crippen LogP contribution in [0.1, 0.15) is 25.3 Å². The minimum atomic E-state index is -0.184. The van der Waals surface area contributed by atoms with Gasteiger partial charge >= 0.3 is 0 Å². The summed E-state index contributed by atoms with van der Waals surface area (Å²) < 4.78 is 14.0. The zero-order valence-electron chi connectivity index (χ0n) is 11.0. The van der Waals surface area contributed by atoms with Crippen molar-refractivity contribution in [2.24, 2.45) is 0 Å². The van der Waals surface area contributed by atoms with Crippen LogP contribution in [0.4, 0.5) is 10.1 Å². The average molecular weight is 315 g/mol. The molecule has 0 bridgehead atoms. The molecule has 2 nitrogen and oxygen atoms in total. The Labute approximate surface area is 117 Å². The molecule has 1 unspecified atom stereocenters. The third-order valence-electron chi connectivity index (χ3n) is 3.47. The summed E-state index contributed by atoms with van der Waals surface area (Å²) >= 11 is 3.28. The lowest BCUT2D eigenvalue weighted by molar-refractivity contribution is 0.430. The fourth-order valence-electron chi connectivity index (χ4n) is 2.56. The van der Waals surface area contributed by atoms with Crippen LogP contribution in [-0.4, -0.2) is 25.7 Å². The van der Waals surface area contributed by atoms with Crippen molar-refractivity contribution in [1.82, 2.24) is 5.32 Å². The fourth-order valence-corrected chi connectivity index (χ4v) is 2.89. The molecule has 1 aromatic carbocycles. The molecule has 2 rings (SSSR count). The first-order chi connectivity index (χ1) is 8.61. The molecule has 100 valence electrons. The fraction of sp³-hybridized carbons (Fsp3) is 0.571. The van der Waals surface area contributed by atoms with E-state index in [0.29, 0.717) is 10.5 Å². The Bertz CT molecular complexity index is 421. The molecule has 1 aliphatic heterocycles. The number of hydrogen-bond acceptors (Lipinski definition) is 2. The van der Waals surface area contributed by atoms with Crippen LogP contribution in [0.25, 0.3) is 0 Å². The van der Waals surface area contributed by atoms with Gasteiger partial charge in [0.25, 0.3) is 0 Å². The second-order valence-corrected chi connectivity index (χ2v) is 5.79. The van der Waals surface area contributed by atoms with Crippen molar-refractivity contribution < 1.29 is 4.39 Å². The highest BCUT2D eigenvalue weighted by Crippen LogP contribution is 2.28. The number of nitrogens with zero attached hydrogens (tertiary/aromatic N) is 1. The molecule has 0 saturated carbocycles. The van der Waals surface area contributed by atoms with E-state index in [2.05, 4.69) is 33.1 Å². The summed E-state index contributed by atoms with van der Waals surface area (Å²) in [5, 5.41) is 3.54. The lowest BCUT2D eigenvalue weighted by atomic mass is 10.1. The van der Waals surface area contributed by atoms with Gasteiger partial charge in [-0.15, -0.1) is 0 Å². The van der Waals surface area contributed by atoms with Crippen molar-refractivity contribution >= 4 is 21.6 Å². The molecule has 1 aromatic rings. The van der Waals surface area contributed by atoms with Crippen LogP contribution < -0.4 is 10.2 Å². The quantitative estimate of drug-likeness (QED) is 0.919. The number of aryl methyl sites for hydroxylation is 1. The lowest BCUT2D eigenvalue weighted by Gasteiger charge is -2.36. The molecule has 0 amide bonds. The van der Waals surface area contributed by atoms with E-state index in [0.717, 1.165) is 30.9 Å². The van der Waals surface area contributed by atoms with Gasteiger partial charge in [0, 0.05) is 31.4 Å². The largest absolute Gasteiger partial charge is 0.368 e. The van der Waals surface area contributed by atoms with E-state index in [1.54, 1.807) is 6.07 Å². The van der Waals surface area contributed by atoms with Crippen molar-refractivity contribution in [3.05, 3.63) is 28.0 Å². The molecule has 0 aromatic heterocycles. The molecule has 18 heavy (non-hydrogen) atoms. The number of nitrogens with one attached hydrogen (secondary N) is 1. The highest BCUT2D eigenvalue weighted by molar-refractivity contribution is 9.10. The summed E-state index contributed by atoms with van der Waals surface area (Å²) in [4.78, 5) is 2.36. The maximum Gasteiger partial charge on any atom is 0.137 e. The first-order valence-corrected chi connectivity index (χ1v) is 7.35. The molecular weight excluding hydrogens is 295 g/mol. The molecule has 1 fully saturated rings. The molecule has 1 atom stereocenters. The van der Waals surface area contributed by atoms with Gasteiger partial charge in [0.2, 0.25) is 0 Å². The molecular formula is C14H20BrFN2. The van der Waals surface area contributed by atoms with E-state index >= 15 is 0 Å². The average Bonchev–Trinajstić information content (AvgIpc) is 2.34. The Morgan fingerprint density at radius 3 is 3.00 bits per heavy atom. The van der Waals surface area contributed by atoms with Crippen LogP contribution in [0.2, 0.25) is 0 Å². The summed E-state index contributed by atoms with van der Waals surface area (Å²) in [6, 6.07) is 4.06. The number of halogens is 2. The first-order valence-electron chi connectivity index (χ1n) is 6.55. The van der Waals surface area contributed by atoms with Gasteiger partial charge in [0.1, 0.15) is 5.82 Å². The third-order valence-corrected chi connectivity index (χ3v) is 4.08. The Kier molecular flexibility index (Phi) is 4.62. The minimum Gasteiger partial charge on any atom is -0.368 e. The molecule has 1 heterocycles. The van der Waals surface area contributed by atoms with Crippen molar-refractivity contribution in [1.29, 1.82) is 0 Å². The number of rotatable bonds is 3. The normalized spacial score (nSPS) is 20.2. The Hall–Kier alpha value is -0.610. The highest BCUT2D eigenvalue weighted by atomic mass is 79.9. The van der Waals surface area contributed by atoms with E-state index in [9.17, 15) is 4.39 Å². The Morgan fingerprint density at radius 1 is 1.50 bits per heavy atom. The van der Waals surface area contributed by atoms with Gasteiger partial charge in [-0.05, 0) is 47.0 Å². The number of benzene rings is 1. The van der Waals surface area contributed by atoms with Gasteiger partial charge in [0.05, 0.1) is 4.47 Å². The maximum atomic E-state index is 13.4. The lowest BCUT2D eigenvalue weighted by Crippen LogP contribution is -2.50. The molecule has 0 radical (unpaired) electrons. The van der Waals surface area contributed by atoms with E-state index in [1.807, 2.05) is 13.0 Å². The molecule has 0 aliphatic carbocycles. The zero-order chi connectivity index (χ0) is 13.1. The summed E-state index contributed by atoms with van der Waals surface area (Å²) in [5.41, 5.74) is 2.15. The molecule has 0 spiro atoms. The maximum absolute atomic E-state index is 13.4. The minimum absolute atomic E-state index is 0.184. The summed E-state index contributed by atoms with van der Waals surface area (Å²) in [7, 11) is 0. The van der Waals surface area contributed by atoms with Crippen LogP contribution >= 0.6 is 15.9 Å². The van der Waals surface area contributed by atoms with Crippen LogP contribution in [0.3, 0.4) is 0 Å². The predicted molar refractivity (Wildman–Crippen MR) is 77.7 cm³/mol. The van der Waals surface area contributed by atoms with E-state index in [4.69, 9.17) is 0 Å². The predicted octanol–water partition coefficient (Wildman–Crippen LogP) is 3.47. The van der Waals surface area contributed by atoms with Gasteiger partial charge in [-0.25, -0.2) is 4.39 Å². The number of anilines is 1. The van der Waals surface area contributed by atoms with Gasteiger partial charge in [-0.2, -0.15) is 0 Å². The van der Waals surface area contributed by atoms with Crippen LogP contribution in [0.15, 0.2) is 16.6 Å². The van der Waals surface area contributed by atoms with E-state index in [1.165, 1.54) is 12.8 Å². The highest BCUT2D eigenvalue weighted by Gasteiger charge is 2.20. The van der Waals surface area contributed by atoms with Gasteiger partial charge < -0.3 is 10.2 Å². The zero-order valence-corrected chi connectivity index (χ0v) is 12.6. The van der Waals surface area contributed by atoms with Gasteiger partial charge in [-0.1, -0.05) is 13.3 Å². The molecule has 4 heteroatoms. The summed E-state index contributed by atoms with van der Waals surface area (Å²) in [6.45, 7) is 7.17. The molecule has 1 aliphatic rings. The number of piperazine rings is 1. The van der Waals surface area contributed by atoms with E-state index < -0.39 is 0 Å². The van der Waals surface area contributed by atoms with Crippen LogP contribution in [0.5, 0.6) is 0 Å². The monoisotopic (exact) mass is 314 g/mol. The molecule has 1 N–H and O–H groups in total. The SMILES string of the molecule is CCCC1CN(c2cc(Br)c(F)cc2C)CCN1. The second-order valence-electron chi connectivity index (χ2n) is 4.94. The van der Waals surface area contributed by atoms with Crippen molar-refractivity contribution in [3.8, 4) is 0 Å². The third kappa shape index (κ3) is 3.04. The van der Waals surface area contributed by atoms with Gasteiger partial charge in [0.15, 0.2) is 0 Å².